The largest absolute Gasteiger partial charge is 0.487 e. The number of rotatable bonds is 6. The van der Waals surface area contributed by atoms with E-state index in [0.29, 0.717) is 6.61 Å². The Hall–Kier alpha value is -3.03. The Bertz CT molecular complexity index is 1180. The molecule has 0 saturated carbocycles. The van der Waals surface area contributed by atoms with Gasteiger partial charge in [-0.25, -0.2) is 9.97 Å². The molecule has 146 valence electrons. The topological polar surface area (TPSA) is 64.1 Å². The Balaban J connectivity index is 1.33. The first kappa shape index (κ1) is 19.3. The minimum atomic E-state index is -0.176. The van der Waals surface area contributed by atoms with E-state index in [9.17, 15) is 4.79 Å². The zero-order chi connectivity index (χ0) is 20.2. The number of amides is 1. The molecule has 0 aliphatic heterocycles. The maximum atomic E-state index is 12.2. The van der Waals surface area contributed by atoms with Crippen molar-refractivity contribution in [3.05, 3.63) is 75.2 Å². The second kappa shape index (κ2) is 8.55. The molecule has 0 aliphatic rings. The Morgan fingerprint density at radius 2 is 1.93 bits per heavy atom. The van der Waals surface area contributed by atoms with Crippen LogP contribution in [0, 0.1) is 13.8 Å². The highest BCUT2D eigenvalue weighted by Gasteiger charge is 2.04. The lowest BCUT2D eigenvalue weighted by molar-refractivity contribution is -0.111. The van der Waals surface area contributed by atoms with Gasteiger partial charge < -0.3 is 10.1 Å². The Kier molecular flexibility index (Phi) is 5.69. The molecule has 0 unspecified atom stereocenters. The smallest absolute Gasteiger partial charge is 0.248 e. The second-order valence-corrected chi connectivity index (χ2v) is 8.75. The predicted molar refractivity (Wildman–Crippen MR) is 120 cm³/mol. The van der Waals surface area contributed by atoms with Gasteiger partial charge in [-0.2, -0.15) is 0 Å². The molecular formula is C22H19N3O2S2. The standard InChI is InChI=1S/C22H19N3O2S2/c1-14-23-18(13-28-14)12-27-19-7-3-16(4-8-19)5-10-22(26)25-17-6-9-20-21(11-17)29-15(2)24-20/h3-11,13H,12H2,1-2H3,(H,25,26)/b10-5+. The highest BCUT2D eigenvalue weighted by molar-refractivity contribution is 7.18. The Morgan fingerprint density at radius 3 is 2.69 bits per heavy atom. The van der Waals surface area contributed by atoms with Crippen LogP contribution in [0.5, 0.6) is 5.75 Å². The van der Waals surface area contributed by atoms with Crippen LogP contribution in [0.4, 0.5) is 5.69 Å². The molecule has 0 atom stereocenters. The fourth-order valence-electron chi connectivity index (χ4n) is 2.78. The van der Waals surface area contributed by atoms with Crippen LogP contribution < -0.4 is 10.1 Å². The zero-order valence-electron chi connectivity index (χ0n) is 16.0. The average Bonchev–Trinajstić information content (AvgIpc) is 3.29. The summed E-state index contributed by atoms with van der Waals surface area (Å²) in [4.78, 5) is 21.0. The maximum absolute atomic E-state index is 12.2. The van der Waals surface area contributed by atoms with Crippen molar-refractivity contribution in [3.63, 3.8) is 0 Å². The van der Waals surface area contributed by atoms with E-state index in [1.165, 1.54) is 6.08 Å². The van der Waals surface area contributed by atoms with Crippen molar-refractivity contribution in [1.82, 2.24) is 9.97 Å². The van der Waals surface area contributed by atoms with E-state index in [4.69, 9.17) is 4.74 Å². The molecule has 1 N–H and O–H groups in total. The number of thiazole rings is 2. The number of carbonyl (C=O) groups is 1. The van der Waals surface area contributed by atoms with Crippen LogP contribution >= 0.6 is 22.7 Å². The minimum absolute atomic E-state index is 0.176. The number of ether oxygens (including phenoxy) is 1. The number of hydrogen-bond donors (Lipinski definition) is 1. The van der Waals surface area contributed by atoms with E-state index in [2.05, 4.69) is 15.3 Å². The van der Waals surface area contributed by atoms with Crippen molar-refractivity contribution in [2.45, 2.75) is 20.5 Å². The molecule has 4 aromatic rings. The summed E-state index contributed by atoms with van der Waals surface area (Å²) in [6, 6.07) is 13.3. The number of benzene rings is 2. The molecule has 2 aromatic carbocycles. The number of hydrogen-bond acceptors (Lipinski definition) is 6. The summed E-state index contributed by atoms with van der Waals surface area (Å²) >= 11 is 3.23. The highest BCUT2D eigenvalue weighted by Crippen LogP contribution is 2.24. The van der Waals surface area contributed by atoms with Crippen molar-refractivity contribution >= 4 is 50.6 Å². The SMILES string of the molecule is Cc1nc(COc2ccc(/C=C/C(=O)Nc3ccc4nc(C)sc4c3)cc2)cs1. The zero-order valence-corrected chi connectivity index (χ0v) is 17.6. The number of aryl methyl sites for hydroxylation is 2. The van der Waals surface area contributed by atoms with Gasteiger partial charge in [0.1, 0.15) is 12.4 Å². The van der Waals surface area contributed by atoms with Crippen molar-refractivity contribution in [1.29, 1.82) is 0 Å². The van der Waals surface area contributed by atoms with Gasteiger partial charge >= 0.3 is 0 Å². The molecule has 29 heavy (non-hydrogen) atoms. The summed E-state index contributed by atoms with van der Waals surface area (Å²) in [5.74, 6) is 0.593. The van der Waals surface area contributed by atoms with Gasteiger partial charge in [-0.15, -0.1) is 22.7 Å². The Morgan fingerprint density at radius 1 is 1.10 bits per heavy atom. The molecule has 5 nitrogen and oxygen atoms in total. The van der Waals surface area contributed by atoms with E-state index in [-0.39, 0.29) is 5.91 Å². The molecule has 0 bridgehead atoms. The van der Waals surface area contributed by atoms with Crippen LogP contribution in [0.2, 0.25) is 0 Å². The quantitative estimate of drug-likeness (QED) is 0.412. The van der Waals surface area contributed by atoms with E-state index in [1.807, 2.05) is 61.7 Å². The number of carbonyl (C=O) groups excluding carboxylic acids is 1. The highest BCUT2D eigenvalue weighted by atomic mass is 32.1. The number of anilines is 1. The monoisotopic (exact) mass is 421 g/mol. The summed E-state index contributed by atoms with van der Waals surface area (Å²) in [6.07, 6.45) is 3.30. The van der Waals surface area contributed by atoms with Gasteiger partial charge in [0.05, 0.1) is 25.9 Å². The summed E-state index contributed by atoms with van der Waals surface area (Å²) in [6.45, 7) is 4.40. The molecule has 1 amide bonds. The van der Waals surface area contributed by atoms with Gasteiger partial charge in [0.25, 0.3) is 0 Å². The average molecular weight is 422 g/mol. The molecule has 7 heteroatoms. The molecule has 4 rings (SSSR count). The van der Waals surface area contributed by atoms with Gasteiger partial charge in [0.15, 0.2) is 0 Å². The van der Waals surface area contributed by atoms with Crippen molar-refractivity contribution in [2.24, 2.45) is 0 Å². The van der Waals surface area contributed by atoms with Crippen molar-refractivity contribution in [2.75, 3.05) is 5.32 Å². The fourth-order valence-corrected chi connectivity index (χ4v) is 4.24. The van der Waals surface area contributed by atoms with Crippen LogP contribution in [0.1, 0.15) is 21.3 Å². The summed E-state index contributed by atoms with van der Waals surface area (Å²) < 4.78 is 6.80. The molecule has 0 spiro atoms. The maximum Gasteiger partial charge on any atom is 0.248 e. The molecular weight excluding hydrogens is 402 g/mol. The third-order valence-electron chi connectivity index (χ3n) is 4.12. The third kappa shape index (κ3) is 5.07. The lowest BCUT2D eigenvalue weighted by Gasteiger charge is -2.04. The van der Waals surface area contributed by atoms with Gasteiger partial charge in [0, 0.05) is 17.1 Å². The molecule has 0 fully saturated rings. The van der Waals surface area contributed by atoms with Crippen LogP contribution in [0.25, 0.3) is 16.3 Å². The van der Waals surface area contributed by atoms with Crippen LogP contribution in [0.15, 0.2) is 53.9 Å². The van der Waals surface area contributed by atoms with Crippen LogP contribution in [0.3, 0.4) is 0 Å². The van der Waals surface area contributed by atoms with E-state index in [0.717, 1.165) is 42.9 Å². The van der Waals surface area contributed by atoms with E-state index < -0.39 is 0 Å². The van der Waals surface area contributed by atoms with Crippen LogP contribution in [-0.4, -0.2) is 15.9 Å². The third-order valence-corrected chi connectivity index (χ3v) is 5.88. The first-order valence-corrected chi connectivity index (χ1v) is 10.7. The molecule has 0 radical (unpaired) electrons. The lowest BCUT2D eigenvalue weighted by atomic mass is 10.2. The van der Waals surface area contributed by atoms with Gasteiger partial charge in [-0.1, -0.05) is 12.1 Å². The van der Waals surface area contributed by atoms with Crippen molar-refractivity contribution in [3.8, 4) is 5.75 Å². The fraction of sp³-hybridized carbons (Fsp3) is 0.136. The minimum Gasteiger partial charge on any atom is -0.487 e. The molecule has 2 heterocycles. The van der Waals surface area contributed by atoms with Gasteiger partial charge in [0.2, 0.25) is 5.91 Å². The lowest BCUT2D eigenvalue weighted by Crippen LogP contribution is -2.07. The first-order valence-electron chi connectivity index (χ1n) is 9.05. The van der Waals surface area contributed by atoms with Crippen LogP contribution in [-0.2, 0) is 11.4 Å². The molecule has 2 aromatic heterocycles. The van der Waals surface area contributed by atoms with Crippen molar-refractivity contribution < 1.29 is 9.53 Å². The number of nitrogens with one attached hydrogen (secondary N) is 1. The van der Waals surface area contributed by atoms with E-state index in [1.54, 1.807) is 28.7 Å². The summed E-state index contributed by atoms with van der Waals surface area (Å²) in [5.41, 5.74) is 3.57. The van der Waals surface area contributed by atoms with E-state index >= 15 is 0 Å². The molecule has 0 aliphatic carbocycles. The Labute approximate surface area is 176 Å². The number of nitrogens with zero attached hydrogens (tertiary/aromatic N) is 2. The predicted octanol–water partition coefficient (Wildman–Crippen LogP) is 5.60. The number of aromatic nitrogens is 2. The normalized spacial score (nSPS) is 11.2. The summed E-state index contributed by atoms with van der Waals surface area (Å²) in [7, 11) is 0. The molecule has 0 saturated heterocycles. The van der Waals surface area contributed by atoms with Gasteiger partial charge in [-0.3, -0.25) is 4.79 Å². The number of fused-ring (bicyclic) bond motifs is 1. The first-order chi connectivity index (χ1) is 14.0. The van der Waals surface area contributed by atoms with Gasteiger partial charge in [-0.05, 0) is 55.8 Å². The second-order valence-electron chi connectivity index (χ2n) is 6.45. The summed E-state index contributed by atoms with van der Waals surface area (Å²) in [5, 5.41) is 6.93.